The lowest BCUT2D eigenvalue weighted by Crippen LogP contribution is -2.47. The average molecular weight is 295 g/mol. The second-order valence-electron chi connectivity index (χ2n) is 7.39. The molecule has 2 unspecified atom stereocenters. The topological polar surface area (TPSA) is 12.5 Å². The van der Waals surface area contributed by atoms with Gasteiger partial charge in [-0.05, 0) is 53.2 Å². The summed E-state index contributed by atoms with van der Waals surface area (Å²) >= 11 is 0. The first-order valence-electron chi connectivity index (χ1n) is 8.54. The van der Waals surface area contributed by atoms with Crippen molar-refractivity contribution in [3.8, 4) is 5.75 Å². The molecule has 0 aromatic heterocycles. The predicted molar refractivity (Wildman–Crippen MR) is 91.7 cm³/mol. The van der Waals surface area contributed by atoms with Crippen LogP contribution in [0.15, 0.2) is 41.5 Å². The van der Waals surface area contributed by atoms with E-state index >= 15 is 0 Å². The molecule has 2 nitrogen and oxygen atoms in total. The fourth-order valence-corrected chi connectivity index (χ4v) is 3.92. The fraction of sp³-hybridized carbons (Fsp3) is 0.500. The van der Waals surface area contributed by atoms with E-state index in [2.05, 4.69) is 62.9 Å². The van der Waals surface area contributed by atoms with Gasteiger partial charge in [-0.15, -0.1) is 0 Å². The van der Waals surface area contributed by atoms with Gasteiger partial charge in [-0.2, -0.15) is 0 Å². The molecule has 2 heteroatoms. The molecule has 1 aromatic carbocycles. The molecule has 0 amide bonds. The van der Waals surface area contributed by atoms with E-state index in [4.69, 9.17) is 4.74 Å². The lowest BCUT2D eigenvalue weighted by molar-refractivity contribution is 0.212. The minimum Gasteiger partial charge on any atom is -0.482 e. The second-order valence-corrected chi connectivity index (χ2v) is 7.39. The summed E-state index contributed by atoms with van der Waals surface area (Å²) in [6.07, 6.45) is 6.11. The van der Waals surface area contributed by atoms with Crippen molar-refractivity contribution in [3.05, 3.63) is 47.1 Å². The number of fused-ring (bicyclic) bond motifs is 2. The summed E-state index contributed by atoms with van der Waals surface area (Å²) in [6, 6.07) is 7.13. The van der Waals surface area contributed by atoms with Crippen molar-refractivity contribution in [1.82, 2.24) is 0 Å². The lowest BCUT2D eigenvalue weighted by atomic mass is 9.87. The van der Waals surface area contributed by atoms with Gasteiger partial charge in [-0.1, -0.05) is 39.8 Å². The Hall–Kier alpha value is -1.70. The van der Waals surface area contributed by atoms with Crippen molar-refractivity contribution in [2.45, 2.75) is 52.2 Å². The van der Waals surface area contributed by atoms with Crippen LogP contribution in [0, 0.1) is 5.92 Å². The number of hydrogen-bond donors (Lipinski definition) is 0. The first-order chi connectivity index (χ1) is 10.5. The molecule has 1 aliphatic carbocycles. The summed E-state index contributed by atoms with van der Waals surface area (Å²) in [5, 5.41) is 0. The molecule has 2 aliphatic heterocycles. The van der Waals surface area contributed by atoms with Crippen molar-refractivity contribution >= 4 is 5.69 Å². The number of rotatable bonds is 2. The van der Waals surface area contributed by atoms with Crippen molar-refractivity contribution < 1.29 is 4.74 Å². The van der Waals surface area contributed by atoms with Gasteiger partial charge in [0.1, 0.15) is 11.9 Å². The lowest BCUT2D eigenvalue weighted by Gasteiger charge is -2.41. The van der Waals surface area contributed by atoms with E-state index in [9.17, 15) is 0 Å². The fourth-order valence-electron chi connectivity index (χ4n) is 3.92. The summed E-state index contributed by atoms with van der Waals surface area (Å²) in [5.41, 5.74) is 5.67. The number of benzene rings is 1. The second kappa shape index (κ2) is 4.91. The zero-order chi connectivity index (χ0) is 15.4. The van der Waals surface area contributed by atoms with Crippen LogP contribution in [-0.4, -0.2) is 18.7 Å². The Balaban J connectivity index is 1.78. The minimum absolute atomic E-state index is 0.178. The highest BCUT2D eigenvalue weighted by molar-refractivity contribution is 5.67. The van der Waals surface area contributed by atoms with Gasteiger partial charge >= 0.3 is 0 Å². The molecule has 0 saturated carbocycles. The van der Waals surface area contributed by atoms with E-state index in [1.54, 1.807) is 5.57 Å². The van der Waals surface area contributed by atoms with Crippen LogP contribution in [0.25, 0.3) is 0 Å². The maximum Gasteiger partial charge on any atom is 0.143 e. The molecule has 1 fully saturated rings. The van der Waals surface area contributed by atoms with Gasteiger partial charge in [-0.3, -0.25) is 0 Å². The number of ether oxygens (including phenoxy) is 1. The maximum absolute atomic E-state index is 6.37. The van der Waals surface area contributed by atoms with Gasteiger partial charge in [-0.25, -0.2) is 0 Å². The highest BCUT2D eigenvalue weighted by Gasteiger charge is 2.43. The van der Waals surface area contributed by atoms with Crippen LogP contribution in [-0.2, 0) is 0 Å². The largest absolute Gasteiger partial charge is 0.482 e. The average Bonchev–Trinajstić information content (AvgIpc) is 2.92. The van der Waals surface area contributed by atoms with Crippen LogP contribution in [0.1, 0.15) is 45.6 Å². The van der Waals surface area contributed by atoms with Crippen LogP contribution in [0.2, 0.25) is 0 Å². The first-order valence-corrected chi connectivity index (χ1v) is 8.54. The monoisotopic (exact) mass is 295 g/mol. The van der Waals surface area contributed by atoms with Crippen LogP contribution < -0.4 is 9.64 Å². The Kier molecular flexibility index (Phi) is 3.11. The Morgan fingerprint density at radius 1 is 1.14 bits per heavy atom. The SMILES string of the molecule is CC(C)C1=CC2Oc3ccc(C(C)C)cc3N3CCC(=C1)C23. The molecular formula is C20H25NO. The third-order valence-electron chi connectivity index (χ3n) is 5.27. The normalized spacial score (nSPS) is 25.6. The van der Waals surface area contributed by atoms with Crippen LogP contribution in [0.4, 0.5) is 5.69 Å². The van der Waals surface area contributed by atoms with E-state index in [0.29, 0.717) is 17.9 Å². The molecule has 0 spiro atoms. The molecule has 3 aliphatic rings. The van der Waals surface area contributed by atoms with Crippen LogP contribution in [0.3, 0.4) is 0 Å². The molecular weight excluding hydrogens is 270 g/mol. The van der Waals surface area contributed by atoms with Crippen molar-refractivity contribution in [3.63, 3.8) is 0 Å². The standard InChI is InChI=1S/C20H25NO/c1-12(2)14-5-6-18-17(10-14)21-8-7-15-9-16(13(3)4)11-19(22-18)20(15)21/h5-6,9-13,19-20H,7-8H2,1-4H3. The van der Waals surface area contributed by atoms with E-state index in [0.717, 1.165) is 12.3 Å². The highest BCUT2D eigenvalue weighted by Crippen LogP contribution is 2.46. The van der Waals surface area contributed by atoms with Gasteiger partial charge < -0.3 is 9.64 Å². The van der Waals surface area contributed by atoms with Gasteiger partial charge in [0, 0.05) is 6.54 Å². The summed E-state index contributed by atoms with van der Waals surface area (Å²) in [4.78, 5) is 2.56. The molecule has 116 valence electrons. The van der Waals surface area contributed by atoms with Gasteiger partial charge in [0.25, 0.3) is 0 Å². The summed E-state index contributed by atoms with van der Waals surface area (Å²) in [5.74, 6) is 2.17. The van der Waals surface area contributed by atoms with Crippen molar-refractivity contribution in [2.24, 2.45) is 5.92 Å². The van der Waals surface area contributed by atoms with E-state index in [1.165, 1.54) is 23.2 Å². The molecule has 0 radical (unpaired) electrons. The number of nitrogens with zero attached hydrogens (tertiary/aromatic N) is 1. The van der Waals surface area contributed by atoms with E-state index in [-0.39, 0.29) is 6.10 Å². The first kappa shape index (κ1) is 13.9. The number of anilines is 1. The van der Waals surface area contributed by atoms with Crippen LogP contribution >= 0.6 is 0 Å². The number of allylic oxidation sites excluding steroid dienone is 2. The van der Waals surface area contributed by atoms with Gasteiger partial charge in [0.05, 0.1) is 11.7 Å². The van der Waals surface area contributed by atoms with E-state index < -0.39 is 0 Å². The van der Waals surface area contributed by atoms with Gasteiger partial charge in [0.2, 0.25) is 0 Å². The van der Waals surface area contributed by atoms with E-state index in [1.807, 2.05) is 0 Å². The Bertz CT molecular complexity index is 668. The Morgan fingerprint density at radius 2 is 1.95 bits per heavy atom. The Morgan fingerprint density at radius 3 is 2.68 bits per heavy atom. The molecule has 2 heterocycles. The quantitative estimate of drug-likeness (QED) is 0.786. The maximum atomic E-state index is 6.37. The van der Waals surface area contributed by atoms with Crippen LogP contribution in [0.5, 0.6) is 5.75 Å². The number of hydrogen-bond acceptors (Lipinski definition) is 2. The highest BCUT2D eigenvalue weighted by atomic mass is 16.5. The summed E-state index contributed by atoms with van der Waals surface area (Å²) in [7, 11) is 0. The third kappa shape index (κ3) is 2.00. The molecule has 1 aromatic rings. The third-order valence-corrected chi connectivity index (χ3v) is 5.27. The summed E-state index contributed by atoms with van der Waals surface area (Å²) in [6.45, 7) is 10.1. The zero-order valence-electron chi connectivity index (χ0n) is 14.0. The summed E-state index contributed by atoms with van der Waals surface area (Å²) < 4.78 is 6.37. The molecule has 0 bridgehead atoms. The zero-order valence-corrected chi connectivity index (χ0v) is 14.0. The van der Waals surface area contributed by atoms with Gasteiger partial charge in [0.15, 0.2) is 0 Å². The molecule has 4 rings (SSSR count). The minimum atomic E-state index is 0.178. The Labute approximate surface area is 133 Å². The molecule has 0 N–H and O–H groups in total. The molecule has 1 saturated heterocycles. The van der Waals surface area contributed by atoms with Crippen molar-refractivity contribution in [1.29, 1.82) is 0 Å². The smallest absolute Gasteiger partial charge is 0.143 e. The predicted octanol–water partition coefficient (Wildman–Crippen LogP) is 4.67. The molecule has 22 heavy (non-hydrogen) atoms. The molecule has 2 atom stereocenters. The van der Waals surface area contributed by atoms with Crippen molar-refractivity contribution in [2.75, 3.05) is 11.4 Å².